The minimum Gasteiger partial charge on any atom is -0.309 e. The SMILES string of the molecule is c1ccc(-n2c3ccc(-c4ccc5c(c4)c4c6ccccc6ccc4n5-c4ccc5cc(-c6cc7c8c(cccc8c6)-c6ccccc6-7)ccc5c4)cc3c3c4ccccc4ccc32)cc1. The quantitative estimate of drug-likeness (QED) is 0.167. The maximum Gasteiger partial charge on any atom is 0.0547 e. The highest BCUT2D eigenvalue weighted by Gasteiger charge is 2.23. The largest absolute Gasteiger partial charge is 0.309 e. The van der Waals surface area contributed by atoms with E-state index < -0.39 is 0 Å². The molecule has 0 saturated carbocycles. The number of para-hydroxylation sites is 1. The van der Waals surface area contributed by atoms with Crippen LogP contribution in [-0.2, 0) is 0 Å². The van der Waals surface area contributed by atoms with E-state index in [2.05, 4.69) is 240 Å². The summed E-state index contributed by atoms with van der Waals surface area (Å²) in [6.45, 7) is 0. The summed E-state index contributed by atoms with van der Waals surface area (Å²) in [6.07, 6.45) is 0. The summed E-state index contributed by atoms with van der Waals surface area (Å²) in [5.74, 6) is 0. The van der Waals surface area contributed by atoms with Gasteiger partial charge in [-0.3, -0.25) is 0 Å². The van der Waals surface area contributed by atoms with Crippen molar-refractivity contribution in [3.05, 3.63) is 231 Å². The molecule has 0 aliphatic heterocycles. The van der Waals surface area contributed by atoms with Crippen LogP contribution in [0.15, 0.2) is 231 Å². The van der Waals surface area contributed by atoms with Crippen LogP contribution in [0.1, 0.15) is 0 Å². The maximum absolute atomic E-state index is 2.47. The van der Waals surface area contributed by atoms with Crippen LogP contribution in [0.25, 0.3) is 143 Å². The number of hydrogen-bond acceptors (Lipinski definition) is 0. The van der Waals surface area contributed by atoms with Crippen molar-refractivity contribution in [3.8, 4) is 55.9 Å². The minimum atomic E-state index is 1.16. The van der Waals surface area contributed by atoms with Gasteiger partial charge in [0.2, 0.25) is 0 Å². The van der Waals surface area contributed by atoms with Gasteiger partial charge in [-0.05, 0) is 166 Å². The summed E-state index contributed by atoms with van der Waals surface area (Å²) >= 11 is 0. The molecule has 1 aliphatic rings. The second-order valence-electron chi connectivity index (χ2n) is 18.1. The van der Waals surface area contributed by atoms with Crippen molar-refractivity contribution in [2.45, 2.75) is 0 Å². The molecule has 2 nitrogen and oxygen atoms in total. The third-order valence-corrected chi connectivity index (χ3v) is 14.6. The molecule has 15 rings (SSSR count). The zero-order chi connectivity index (χ0) is 43.0. The van der Waals surface area contributed by atoms with Gasteiger partial charge >= 0.3 is 0 Å². The van der Waals surface area contributed by atoms with Crippen molar-refractivity contribution in [1.82, 2.24) is 9.13 Å². The summed E-state index contributed by atoms with van der Waals surface area (Å²) in [4.78, 5) is 0. The third-order valence-electron chi connectivity index (χ3n) is 14.6. The molecular formula is C64H38N2. The van der Waals surface area contributed by atoms with Gasteiger partial charge < -0.3 is 9.13 Å². The third kappa shape index (κ3) is 5.01. The summed E-state index contributed by atoms with van der Waals surface area (Å²) in [5, 5.41) is 15.2. The molecule has 0 atom stereocenters. The van der Waals surface area contributed by atoms with Gasteiger partial charge in [-0.1, -0.05) is 152 Å². The van der Waals surface area contributed by atoms with Crippen LogP contribution in [0.4, 0.5) is 0 Å². The van der Waals surface area contributed by atoms with Crippen molar-refractivity contribution in [2.75, 3.05) is 0 Å². The van der Waals surface area contributed by atoms with E-state index in [0.29, 0.717) is 0 Å². The van der Waals surface area contributed by atoms with Crippen molar-refractivity contribution in [3.63, 3.8) is 0 Å². The highest BCUT2D eigenvalue weighted by atomic mass is 15.0. The van der Waals surface area contributed by atoms with Gasteiger partial charge in [0.05, 0.1) is 22.1 Å². The van der Waals surface area contributed by atoms with Gasteiger partial charge in [-0.25, -0.2) is 0 Å². The Hall–Kier alpha value is -8.72. The highest BCUT2D eigenvalue weighted by Crippen LogP contribution is 2.49. The van der Waals surface area contributed by atoms with Crippen LogP contribution in [0, 0.1) is 0 Å². The van der Waals surface area contributed by atoms with E-state index in [4.69, 9.17) is 0 Å². The van der Waals surface area contributed by atoms with E-state index in [0.717, 1.165) is 5.69 Å². The second-order valence-corrected chi connectivity index (χ2v) is 18.1. The molecule has 0 N–H and O–H groups in total. The average Bonchev–Trinajstić information content (AvgIpc) is 4.02. The van der Waals surface area contributed by atoms with Crippen LogP contribution in [0.3, 0.4) is 0 Å². The molecular weight excluding hydrogens is 797 g/mol. The first-order valence-electron chi connectivity index (χ1n) is 22.9. The Labute approximate surface area is 380 Å². The zero-order valence-corrected chi connectivity index (χ0v) is 35.8. The number of nitrogens with zero attached hydrogens (tertiary/aromatic N) is 2. The lowest BCUT2D eigenvalue weighted by Gasteiger charge is -2.12. The van der Waals surface area contributed by atoms with E-state index in [9.17, 15) is 0 Å². The lowest BCUT2D eigenvalue weighted by Crippen LogP contribution is -1.94. The second kappa shape index (κ2) is 13.4. The van der Waals surface area contributed by atoms with Gasteiger partial charge in [0.1, 0.15) is 0 Å². The summed E-state index contributed by atoms with van der Waals surface area (Å²) < 4.78 is 4.89. The predicted molar refractivity (Wildman–Crippen MR) is 280 cm³/mol. The molecule has 304 valence electrons. The smallest absolute Gasteiger partial charge is 0.0547 e. The number of hydrogen-bond donors (Lipinski definition) is 0. The zero-order valence-electron chi connectivity index (χ0n) is 35.8. The van der Waals surface area contributed by atoms with Gasteiger partial charge in [0.15, 0.2) is 0 Å². The number of benzene rings is 12. The van der Waals surface area contributed by atoms with Crippen molar-refractivity contribution in [1.29, 1.82) is 0 Å². The molecule has 2 heteroatoms. The summed E-state index contributed by atoms with van der Waals surface area (Å²) in [6, 6.07) is 85.9. The Bertz CT molecular complexity index is 4390. The van der Waals surface area contributed by atoms with Crippen molar-refractivity contribution >= 4 is 86.7 Å². The molecule has 0 unspecified atom stereocenters. The molecule has 0 bridgehead atoms. The van der Waals surface area contributed by atoms with E-state index in [1.54, 1.807) is 0 Å². The van der Waals surface area contributed by atoms with Gasteiger partial charge in [-0.2, -0.15) is 0 Å². The molecule has 14 aromatic rings. The lowest BCUT2D eigenvalue weighted by molar-refractivity contribution is 1.18. The Morgan fingerprint density at radius 2 is 0.697 bits per heavy atom. The van der Waals surface area contributed by atoms with Gasteiger partial charge in [-0.15, -0.1) is 0 Å². The van der Waals surface area contributed by atoms with Crippen LogP contribution in [0.2, 0.25) is 0 Å². The Morgan fingerprint density at radius 3 is 1.39 bits per heavy atom. The van der Waals surface area contributed by atoms with E-state index >= 15 is 0 Å². The Morgan fingerprint density at radius 1 is 0.212 bits per heavy atom. The van der Waals surface area contributed by atoms with Crippen LogP contribution in [0.5, 0.6) is 0 Å². The number of fused-ring (bicyclic) bond motifs is 14. The molecule has 0 amide bonds. The van der Waals surface area contributed by atoms with Crippen molar-refractivity contribution in [2.24, 2.45) is 0 Å². The molecule has 2 aromatic heterocycles. The molecule has 12 aromatic carbocycles. The Balaban J connectivity index is 0.893. The van der Waals surface area contributed by atoms with Crippen LogP contribution < -0.4 is 0 Å². The van der Waals surface area contributed by atoms with Crippen LogP contribution in [-0.4, -0.2) is 9.13 Å². The summed E-state index contributed by atoms with van der Waals surface area (Å²) in [5.41, 5.74) is 17.4. The first-order valence-corrected chi connectivity index (χ1v) is 22.9. The Kier molecular flexibility index (Phi) is 7.25. The highest BCUT2D eigenvalue weighted by molar-refractivity contribution is 6.24. The normalized spacial score (nSPS) is 12.2. The fraction of sp³-hybridized carbons (Fsp3) is 0. The number of aromatic nitrogens is 2. The molecule has 2 heterocycles. The molecule has 0 fully saturated rings. The molecule has 0 radical (unpaired) electrons. The first kappa shape index (κ1) is 35.7. The van der Waals surface area contributed by atoms with Crippen LogP contribution >= 0.6 is 0 Å². The summed E-state index contributed by atoms with van der Waals surface area (Å²) in [7, 11) is 0. The maximum atomic E-state index is 2.47. The lowest BCUT2D eigenvalue weighted by atomic mass is 9.95. The molecule has 66 heavy (non-hydrogen) atoms. The molecule has 0 spiro atoms. The van der Waals surface area contributed by atoms with E-state index in [1.165, 1.54) is 137 Å². The first-order chi connectivity index (χ1) is 32.7. The van der Waals surface area contributed by atoms with E-state index in [1.807, 2.05) is 0 Å². The standard InChI is InChI=1S/C64H38N2/c1-2-14-48(15-3-1)65-58-29-26-44(36-56(58)63-50-16-6-4-11-39(50)24-31-60(63)65)45-27-30-59-57(37-45)64-51-17-7-5-12-40(51)25-32-61(64)66(59)49-28-23-41-33-42(21-22-43(41)35-49)47-34-46-13-10-20-54-52-18-8-9-19-53(52)55(38-47)62(46)54/h1-38H. The molecule has 0 saturated heterocycles. The fourth-order valence-corrected chi connectivity index (χ4v) is 11.6. The van der Waals surface area contributed by atoms with Gasteiger partial charge in [0, 0.05) is 32.9 Å². The van der Waals surface area contributed by atoms with Gasteiger partial charge in [0.25, 0.3) is 0 Å². The van der Waals surface area contributed by atoms with Crippen molar-refractivity contribution < 1.29 is 0 Å². The molecule has 1 aliphatic carbocycles. The predicted octanol–water partition coefficient (Wildman–Crippen LogP) is 17.5. The topological polar surface area (TPSA) is 9.86 Å². The monoisotopic (exact) mass is 834 g/mol. The number of rotatable bonds is 4. The fourth-order valence-electron chi connectivity index (χ4n) is 11.6. The van der Waals surface area contributed by atoms with E-state index in [-0.39, 0.29) is 0 Å². The minimum absolute atomic E-state index is 1.16. The average molecular weight is 835 g/mol.